The summed E-state index contributed by atoms with van der Waals surface area (Å²) in [5, 5.41) is 12.3. The predicted molar refractivity (Wildman–Crippen MR) is 126 cm³/mol. The number of hydrazine groups is 1. The third-order valence-electron chi connectivity index (χ3n) is 4.72. The van der Waals surface area contributed by atoms with Crippen LogP contribution in [0.3, 0.4) is 0 Å². The zero-order valence-corrected chi connectivity index (χ0v) is 18.4. The molecule has 0 fully saturated rings. The summed E-state index contributed by atoms with van der Waals surface area (Å²) in [5.41, 5.74) is 0.888. The van der Waals surface area contributed by atoms with Gasteiger partial charge in [0.2, 0.25) is 5.91 Å². The molecular formula is C25H24N2O4S. The van der Waals surface area contributed by atoms with E-state index in [0.717, 1.165) is 4.90 Å². The fraction of sp³-hybridized carbons (Fsp3) is 0.160. The van der Waals surface area contributed by atoms with Crippen LogP contribution in [-0.4, -0.2) is 28.6 Å². The van der Waals surface area contributed by atoms with Gasteiger partial charge in [0.1, 0.15) is 5.92 Å². The number of carbonyl (C=O) groups is 3. The molecule has 0 aromatic heterocycles. The van der Waals surface area contributed by atoms with Crippen molar-refractivity contribution in [2.75, 3.05) is 15.8 Å². The maximum absolute atomic E-state index is 13.6. The van der Waals surface area contributed by atoms with E-state index in [9.17, 15) is 19.5 Å². The number of para-hydroxylation sites is 2. The third kappa shape index (κ3) is 5.76. The molecule has 1 unspecified atom stereocenters. The van der Waals surface area contributed by atoms with Gasteiger partial charge in [-0.25, -0.2) is 10.0 Å². The number of rotatable bonds is 8. The highest BCUT2D eigenvalue weighted by molar-refractivity contribution is 7.99. The van der Waals surface area contributed by atoms with Gasteiger partial charge in [0.05, 0.1) is 11.4 Å². The van der Waals surface area contributed by atoms with Crippen LogP contribution in [0.5, 0.6) is 0 Å². The molecule has 0 heterocycles. The number of hydrogen-bond donors (Lipinski definition) is 1. The van der Waals surface area contributed by atoms with Crippen molar-refractivity contribution in [1.29, 1.82) is 0 Å². The first-order chi connectivity index (χ1) is 15.5. The lowest BCUT2D eigenvalue weighted by Gasteiger charge is -2.35. The molecule has 7 heteroatoms. The minimum Gasteiger partial charge on any atom is -0.481 e. The fourth-order valence-electron chi connectivity index (χ4n) is 3.23. The van der Waals surface area contributed by atoms with E-state index in [-0.39, 0.29) is 6.42 Å². The Kier molecular flexibility index (Phi) is 8.05. The first-order valence-electron chi connectivity index (χ1n) is 10.1. The Morgan fingerprint density at radius 1 is 0.781 bits per heavy atom. The van der Waals surface area contributed by atoms with Gasteiger partial charge in [0, 0.05) is 11.8 Å². The summed E-state index contributed by atoms with van der Waals surface area (Å²) in [5.74, 6) is -3.16. The van der Waals surface area contributed by atoms with Crippen molar-refractivity contribution in [3.05, 3.63) is 91.0 Å². The lowest BCUT2D eigenvalue weighted by atomic mass is 10.1. The average molecular weight is 449 g/mol. The second-order valence-electron chi connectivity index (χ2n) is 6.99. The molecule has 0 saturated carbocycles. The summed E-state index contributed by atoms with van der Waals surface area (Å²) in [4.78, 5) is 39.3. The summed E-state index contributed by atoms with van der Waals surface area (Å²) in [6.07, 6.45) is 0.123. The maximum Gasteiger partial charge on any atom is 0.316 e. The molecule has 0 spiro atoms. The van der Waals surface area contributed by atoms with Gasteiger partial charge in [-0.2, -0.15) is 0 Å². The number of thioether (sulfide) groups is 1. The van der Waals surface area contributed by atoms with Crippen molar-refractivity contribution in [2.45, 2.75) is 18.2 Å². The minimum atomic E-state index is -1.31. The first-order valence-corrected chi connectivity index (χ1v) is 11.1. The van der Waals surface area contributed by atoms with Gasteiger partial charge in [0.25, 0.3) is 5.91 Å². The second-order valence-corrected chi connectivity index (χ2v) is 8.16. The smallest absolute Gasteiger partial charge is 0.316 e. The normalized spacial score (nSPS) is 11.4. The molecule has 6 nitrogen and oxygen atoms in total. The highest BCUT2D eigenvalue weighted by atomic mass is 32.2. The van der Waals surface area contributed by atoms with E-state index in [1.165, 1.54) is 28.7 Å². The molecule has 2 amide bonds. The molecule has 0 aliphatic heterocycles. The zero-order valence-electron chi connectivity index (χ0n) is 17.6. The first kappa shape index (κ1) is 23.1. The molecule has 0 saturated heterocycles. The van der Waals surface area contributed by atoms with E-state index in [1.807, 2.05) is 30.3 Å². The number of aliphatic carboxylic acids is 1. The Hall–Kier alpha value is -3.58. The van der Waals surface area contributed by atoms with Crippen molar-refractivity contribution in [3.63, 3.8) is 0 Å². The molecule has 3 aromatic rings. The van der Waals surface area contributed by atoms with Gasteiger partial charge in [0.15, 0.2) is 0 Å². The number of hydrogen-bond acceptors (Lipinski definition) is 4. The number of carbonyl (C=O) groups excluding carboxylic acids is 2. The number of anilines is 2. The Labute approximate surface area is 191 Å². The van der Waals surface area contributed by atoms with E-state index in [0.29, 0.717) is 17.1 Å². The summed E-state index contributed by atoms with van der Waals surface area (Å²) < 4.78 is 0. The van der Waals surface area contributed by atoms with Gasteiger partial charge in [-0.15, -0.1) is 11.8 Å². The van der Waals surface area contributed by atoms with E-state index < -0.39 is 23.7 Å². The highest BCUT2D eigenvalue weighted by Crippen LogP contribution is 2.27. The van der Waals surface area contributed by atoms with Crippen LogP contribution in [-0.2, 0) is 14.4 Å². The summed E-state index contributed by atoms with van der Waals surface area (Å²) in [6, 6.07) is 26.9. The molecule has 1 N–H and O–H groups in total. The topological polar surface area (TPSA) is 77.9 Å². The minimum absolute atomic E-state index is 0.123. The Bertz CT molecular complexity index is 1050. The summed E-state index contributed by atoms with van der Waals surface area (Å²) in [6.45, 7) is 1.34. The van der Waals surface area contributed by atoms with E-state index in [1.54, 1.807) is 60.7 Å². The van der Waals surface area contributed by atoms with Gasteiger partial charge >= 0.3 is 5.97 Å². The number of amides is 2. The summed E-state index contributed by atoms with van der Waals surface area (Å²) >= 11 is 1.49. The van der Waals surface area contributed by atoms with Crippen LogP contribution >= 0.6 is 11.8 Å². The lowest BCUT2D eigenvalue weighted by molar-refractivity contribution is -0.146. The van der Waals surface area contributed by atoms with Crippen molar-refractivity contribution in [3.8, 4) is 0 Å². The van der Waals surface area contributed by atoms with Gasteiger partial charge < -0.3 is 5.11 Å². The fourth-order valence-corrected chi connectivity index (χ4v) is 4.17. The quantitative estimate of drug-likeness (QED) is 0.302. The van der Waals surface area contributed by atoms with Crippen LogP contribution in [0.15, 0.2) is 95.9 Å². The van der Waals surface area contributed by atoms with Crippen molar-refractivity contribution < 1.29 is 19.5 Å². The van der Waals surface area contributed by atoms with Gasteiger partial charge in [-0.1, -0.05) is 54.6 Å². The molecule has 0 aliphatic carbocycles. The monoisotopic (exact) mass is 448 g/mol. The van der Waals surface area contributed by atoms with E-state index >= 15 is 0 Å². The number of benzene rings is 3. The van der Waals surface area contributed by atoms with Crippen LogP contribution in [0.4, 0.5) is 11.4 Å². The molecule has 32 heavy (non-hydrogen) atoms. The second kappa shape index (κ2) is 11.2. The van der Waals surface area contributed by atoms with E-state index in [2.05, 4.69) is 0 Å². The number of carboxylic acid groups (broad SMARTS) is 1. The van der Waals surface area contributed by atoms with Gasteiger partial charge in [-0.05, 0) is 48.6 Å². The van der Waals surface area contributed by atoms with Crippen LogP contribution in [0.1, 0.15) is 13.3 Å². The van der Waals surface area contributed by atoms with Crippen molar-refractivity contribution in [2.24, 2.45) is 5.92 Å². The molecule has 3 aromatic carbocycles. The van der Waals surface area contributed by atoms with Gasteiger partial charge in [-0.3, -0.25) is 14.4 Å². The Morgan fingerprint density at radius 3 is 1.72 bits per heavy atom. The standard InChI is InChI=1S/C25H24N2O4S/c1-19(28)26(20-11-5-2-6-12-20)27(21-13-7-3-8-14-21)24(29)23(25(30)31)17-18-32-22-15-9-4-10-16-22/h2-16,23H,17-18H2,1H3,(H,30,31). The molecule has 164 valence electrons. The Balaban J connectivity index is 1.92. The molecule has 0 radical (unpaired) electrons. The number of nitrogens with zero attached hydrogens (tertiary/aromatic N) is 2. The number of carboxylic acids is 1. The molecular weight excluding hydrogens is 424 g/mol. The predicted octanol–water partition coefficient (Wildman–Crippen LogP) is 4.87. The largest absolute Gasteiger partial charge is 0.481 e. The summed E-state index contributed by atoms with van der Waals surface area (Å²) in [7, 11) is 0. The van der Waals surface area contributed by atoms with Crippen LogP contribution in [0, 0.1) is 5.92 Å². The molecule has 0 aliphatic rings. The molecule has 3 rings (SSSR count). The van der Waals surface area contributed by atoms with Crippen LogP contribution in [0.25, 0.3) is 0 Å². The Morgan fingerprint density at radius 2 is 1.25 bits per heavy atom. The van der Waals surface area contributed by atoms with Crippen molar-refractivity contribution in [1.82, 2.24) is 0 Å². The lowest BCUT2D eigenvalue weighted by Crippen LogP contribution is -2.53. The third-order valence-corrected chi connectivity index (χ3v) is 5.77. The highest BCUT2D eigenvalue weighted by Gasteiger charge is 2.36. The maximum atomic E-state index is 13.6. The SMILES string of the molecule is CC(=O)N(c1ccccc1)N(C(=O)C(CCSc1ccccc1)C(=O)O)c1ccccc1. The van der Waals surface area contributed by atoms with Crippen LogP contribution in [0.2, 0.25) is 0 Å². The zero-order chi connectivity index (χ0) is 22.9. The molecule has 0 bridgehead atoms. The molecule has 1 atom stereocenters. The van der Waals surface area contributed by atoms with E-state index in [4.69, 9.17) is 0 Å². The average Bonchev–Trinajstić information content (AvgIpc) is 2.81. The van der Waals surface area contributed by atoms with Crippen LogP contribution < -0.4 is 10.0 Å². The van der Waals surface area contributed by atoms with Crippen molar-refractivity contribution >= 4 is 40.9 Å².